The maximum Gasteiger partial charge on any atom is 0.242 e. The molecule has 0 fully saturated rings. The smallest absolute Gasteiger partial charge is 0.242 e. The average Bonchev–Trinajstić information content (AvgIpc) is 1.96. The second kappa shape index (κ2) is 3.48. The first kappa shape index (κ1) is 10.8. The van der Waals surface area contributed by atoms with E-state index in [-0.39, 0.29) is 0 Å². The minimum absolute atomic E-state index is 0.395. The molecule has 14 heavy (non-hydrogen) atoms. The molecule has 0 bridgehead atoms. The van der Waals surface area contributed by atoms with Gasteiger partial charge in [0.2, 0.25) is 5.85 Å². The zero-order chi connectivity index (χ0) is 10.9. The van der Waals surface area contributed by atoms with Crippen LogP contribution in [0.15, 0.2) is 12.1 Å². The van der Waals surface area contributed by atoms with Crippen LogP contribution >= 0.6 is 0 Å². The first-order chi connectivity index (χ1) is 6.29. The lowest BCUT2D eigenvalue weighted by Crippen LogP contribution is -2.21. The zero-order valence-electron chi connectivity index (χ0n) is 7.57. The van der Waals surface area contributed by atoms with Gasteiger partial charge in [-0.1, -0.05) is 0 Å². The van der Waals surface area contributed by atoms with Gasteiger partial charge in [0.1, 0.15) is 5.75 Å². The molecular weight excluding hydrogens is 200 g/mol. The monoisotopic (exact) mass is 208 g/mol. The van der Waals surface area contributed by atoms with E-state index in [1.54, 1.807) is 0 Å². The van der Waals surface area contributed by atoms with Crippen molar-refractivity contribution in [2.75, 3.05) is 0 Å². The highest BCUT2D eigenvalue weighted by Crippen LogP contribution is 2.23. The van der Waals surface area contributed by atoms with Gasteiger partial charge in [-0.2, -0.15) is 4.39 Å². The van der Waals surface area contributed by atoms with Crippen LogP contribution in [0.4, 0.5) is 17.6 Å². The van der Waals surface area contributed by atoms with E-state index >= 15 is 0 Å². The van der Waals surface area contributed by atoms with E-state index in [4.69, 9.17) is 0 Å². The number of halogens is 4. The van der Waals surface area contributed by atoms with Gasteiger partial charge in [0.05, 0.1) is 0 Å². The molecule has 0 saturated carbocycles. The van der Waals surface area contributed by atoms with Crippen molar-refractivity contribution >= 4 is 0 Å². The lowest BCUT2D eigenvalue weighted by molar-refractivity contribution is -0.0262. The molecule has 0 atom stereocenters. The second-order valence-corrected chi connectivity index (χ2v) is 3.17. The van der Waals surface area contributed by atoms with Crippen LogP contribution < -0.4 is 4.74 Å². The van der Waals surface area contributed by atoms with Gasteiger partial charge in [0.25, 0.3) is 0 Å². The largest absolute Gasteiger partial charge is 0.458 e. The van der Waals surface area contributed by atoms with Crippen molar-refractivity contribution in [3.05, 3.63) is 29.6 Å². The molecule has 5 heteroatoms. The lowest BCUT2D eigenvalue weighted by atomic mass is 10.3. The summed E-state index contributed by atoms with van der Waals surface area (Å²) in [5.41, 5.74) is 0. The van der Waals surface area contributed by atoms with Gasteiger partial charge >= 0.3 is 0 Å². The van der Waals surface area contributed by atoms with E-state index in [0.29, 0.717) is 12.1 Å². The number of hydrogen-bond acceptors (Lipinski definition) is 1. The van der Waals surface area contributed by atoms with Crippen LogP contribution in [0.3, 0.4) is 0 Å². The highest BCUT2D eigenvalue weighted by molar-refractivity contribution is 5.25. The van der Waals surface area contributed by atoms with Crippen LogP contribution in [0.25, 0.3) is 0 Å². The predicted octanol–water partition coefficient (Wildman–Crippen LogP) is 3.19. The summed E-state index contributed by atoms with van der Waals surface area (Å²) in [6.45, 7) is 2.12. The SMILES string of the molecule is CC(C)(F)Oc1cc(F)c(F)c(F)c1. The van der Waals surface area contributed by atoms with Gasteiger partial charge in [0, 0.05) is 26.0 Å². The van der Waals surface area contributed by atoms with Crippen LogP contribution in [0, 0.1) is 17.5 Å². The molecule has 0 aliphatic rings. The fourth-order valence-corrected chi connectivity index (χ4v) is 0.871. The van der Waals surface area contributed by atoms with Crippen molar-refractivity contribution in [1.82, 2.24) is 0 Å². The van der Waals surface area contributed by atoms with E-state index in [2.05, 4.69) is 4.74 Å². The molecule has 0 unspecified atom stereocenters. The standard InChI is InChI=1S/C9H8F4O/c1-9(2,13)14-5-3-6(10)8(12)7(11)4-5/h3-4H,1-2H3. The molecule has 1 rings (SSSR count). The van der Waals surface area contributed by atoms with Crippen LogP contribution in [0.2, 0.25) is 0 Å². The van der Waals surface area contributed by atoms with E-state index in [1.165, 1.54) is 0 Å². The highest BCUT2D eigenvalue weighted by atomic mass is 19.2. The first-order valence-corrected chi connectivity index (χ1v) is 3.82. The topological polar surface area (TPSA) is 9.23 Å². The van der Waals surface area contributed by atoms with Gasteiger partial charge in [0.15, 0.2) is 17.5 Å². The summed E-state index contributed by atoms with van der Waals surface area (Å²) in [6, 6.07) is 1.17. The summed E-state index contributed by atoms with van der Waals surface area (Å²) in [7, 11) is 0. The van der Waals surface area contributed by atoms with Crippen molar-refractivity contribution in [3.63, 3.8) is 0 Å². The summed E-state index contributed by atoms with van der Waals surface area (Å²) in [5.74, 6) is -6.90. The fraction of sp³-hybridized carbons (Fsp3) is 0.333. The number of hydrogen-bond donors (Lipinski definition) is 0. The van der Waals surface area contributed by atoms with Crippen LogP contribution in [-0.2, 0) is 0 Å². The summed E-state index contributed by atoms with van der Waals surface area (Å²) >= 11 is 0. The third-order valence-electron chi connectivity index (χ3n) is 1.32. The van der Waals surface area contributed by atoms with Crippen molar-refractivity contribution < 1.29 is 22.3 Å². The van der Waals surface area contributed by atoms with Gasteiger partial charge in [-0.15, -0.1) is 0 Å². The Hall–Kier alpha value is -1.26. The van der Waals surface area contributed by atoms with E-state index < -0.39 is 29.1 Å². The predicted molar refractivity (Wildman–Crippen MR) is 42.1 cm³/mol. The Balaban J connectivity index is 3.02. The number of benzene rings is 1. The van der Waals surface area contributed by atoms with E-state index in [1.807, 2.05) is 0 Å². The Morgan fingerprint density at radius 3 is 1.86 bits per heavy atom. The molecule has 1 aromatic rings. The second-order valence-electron chi connectivity index (χ2n) is 3.17. The Kier molecular flexibility index (Phi) is 2.69. The summed E-state index contributed by atoms with van der Waals surface area (Å²) in [4.78, 5) is 0. The maximum absolute atomic E-state index is 12.9. The van der Waals surface area contributed by atoms with Crippen molar-refractivity contribution in [2.45, 2.75) is 19.7 Å². The quantitative estimate of drug-likeness (QED) is 0.535. The summed E-state index contributed by atoms with van der Waals surface area (Å²) in [5, 5.41) is 0. The third-order valence-corrected chi connectivity index (χ3v) is 1.32. The van der Waals surface area contributed by atoms with Crippen molar-refractivity contribution in [3.8, 4) is 5.75 Å². The van der Waals surface area contributed by atoms with E-state index in [0.717, 1.165) is 13.8 Å². The Morgan fingerprint density at radius 1 is 1.07 bits per heavy atom. The molecule has 0 radical (unpaired) electrons. The highest BCUT2D eigenvalue weighted by Gasteiger charge is 2.19. The lowest BCUT2D eigenvalue weighted by Gasteiger charge is -2.17. The molecule has 0 N–H and O–H groups in total. The molecule has 0 aliphatic carbocycles. The minimum atomic E-state index is -2.07. The van der Waals surface area contributed by atoms with Crippen LogP contribution in [0.5, 0.6) is 5.75 Å². The Bertz CT molecular complexity index is 320. The first-order valence-electron chi connectivity index (χ1n) is 3.82. The normalized spacial score (nSPS) is 11.6. The van der Waals surface area contributed by atoms with Crippen molar-refractivity contribution in [1.29, 1.82) is 0 Å². The maximum atomic E-state index is 12.9. The fourth-order valence-electron chi connectivity index (χ4n) is 0.871. The third kappa shape index (κ3) is 2.61. The molecule has 78 valence electrons. The van der Waals surface area contributed by atoms with Crippen LogP contribution in [0.1, 0.15) is 13.8 Å². The minimum Gasteiger partial charge on any atom is -0.458 e. The average molecular weight is 208 g/mol. The number of ether oxygens (including phenoxy) is 1. The van der Waals surface area contributed by atoms with Gasteiger partial charge in [-0.25, -0.2) is 13.2 Å². The molecule has 1 nitrogen and oxygen atoms in total. The van der Waals surface area contributed by atoms with Gasteiger partial charge in [-0.05, 0) is 0 Å². The molecule has 0 aliphatic heterocycles. The summed E-state index contributed by atoms with van der Waals surface area (Å²) < 4.78 is 55.0. The molecular formula is C9H8F4O. The molecule has 0 heterocycles. The Morgan fingerprint density at radius 2 is 1.50 bits per heavy atom. The van der Waals surface area contributed by atoms with E-state index in [9.17, 15) is 17.6 Å². The molecule has 0 spiro atoms. The molecule has 0 amide bonds. The van der Waals surface area contributed by atoms with Crippen molar-refractivity contribution in [2.24, 2.45) is 0 Å². The summed E-state index contributed by atoms with van der Waals surface area (Å²) in [6.07, 6.45) is 0. The number of alkyl halides is 1. The number of rotatable bonds is 2. The van der Waals surface area contributed by atoms with Gasteiger partial charge < -0.3 is 4.74 Å². The molecule has 0 saturated heterocycles. The van der Waals surface area contributed by atoms with Crippen LogP contribution in [-0.4, -0.2) is 5.85 Å². The zero-order valence-corrected chi connectivity index (χ0v) is 7.57. The molecule has 0 aromatic heterocycles. The van der Waals surface area contributed by atoms with Gasteiger partial charge in [-0.3, -0.25) is 0 Å². The molecule has 1 aromatic carbocycles. The Labute approximate surface area is 78.3 Å².